The first-order valence-corrected chi connectivity index (χ1v) is 5.74. The zero-order valence-electron chi connectivity index (χ0n) is 9.93. The van der Waals surface area contributed by atoms with Crippen molar-refractivity contribution < 1.29 is 0 Å². The predicted molar refractivity (Wildman–Crippen MR) is 58.9 cm³/mol. The molecule has 1 heterocycles. The second-order valence-electron chi connectivity index (χ2n) is 5.41. The van der Waals surface area contributed by atoms with Crippen molar-refractivity contribution in [2.45, 2.75) is 53.0 Å². The minimum atomic E-state index is 0.372. The Balaban J connectivity index is 2.58. The quantitative estimate of drug-likeness (QED) is 0.635. The van der Waals surface area contributed by atoms with Gasteiger partial charge in [-0.2, -0.15) is 0 Å². The van der Waals surface area contributed by atoms with Gasteiger partial charge in [0.25, 0.3) is 0 Å². The third kappa shape index (κ3) is 2.46. The van der Waals surface area contributed by atoms with E-state index in [1.165, 1.54) is 25.9 Å². The maximum Gasteiger partial charge on any atom is 0.0125 e. The summed E-state index contributed by atoms with van der Waals surface area (Å²) in [7, 11) is 0. The van der Waals surface area contributed by atoms with Crippen LogP contribution in [0.2, 0.25) is 0 Å². The summed E-state index contributed by atoms with van der Waals surface area (Å²) in [5, 5.41) is 0. The van der Waals surface area contributed by atoms with Crippen molar-refractivity contribution in [3.8, 4) is 0 Å². The van der Waals surface area contributed by atoms with Crippen LogP contribution in [0.1, 0.15) is 47.5 Å². The summed E-state index contributed by atoms with van der Waals surface area (Å²) in [5.74, 6) is 1.90. The molecule has 1 rings (SSSR count). The van der Waals surface area contributed by atoms with Gasteiger partial charge in [-0.3, -0.25) is 4.90 Å². The van der Waals surface area contributed by atoms with Crippen LogP contribution in [0.25, 0.3) is 0 Å². The SMILES string of the molecule is CCC1CN(C(C)(C)C)CC1CC. The summed E-state index contributed by atoms with van der Waals surface area (Å²) in [6.07, 6.45) is 2.70. The summed E-state index contributed by atoms with van der Waals surface area (Å²) in [4.78, 5) is 2.65. The van der Waals surface area contributed by atoms with Gasteiger partial charge in [-0.1, -0.05) is 26.7 Å². The summed E-state index contributed by atoms with van der Waals surface area (Å²) in [6.45, 7) is 14.3. The third-order valence-corrected chi connectivity index (χ3v) is 3.57. The highest BCUT2D eigenvalue weighted by Crippen LogP contribution is 2.32. The molecule has 0 aromatic rings. The van der Waals surface area contributed by atoms with Crippen molar-refractivity contribution in [3.05, 3.63) is 0 Å². The molecule has 0 aromatic heterocycles. The van der Waals surface area contributed by atoms with E-state index in [9.17, 15) is 0 Å². The van der Waals surface area contributed by atoms with Crippen LogP contribution in [0.3, 0.4) is 0 Å². The van der Waals surface area contributed by atoms with Gasteiger partial charge in [0.2, 0.25) is 0 Å². The first-order valence-electron chi connectivity index (χ1n) is 5.74. The lowest BCUT2D eigenvalue weighted by molar-refractivity contribution is 0.164. The smallest absolute Gasteiger partial charge is 0.0125 e. The maximum absolute atomic E-state index is 2.65. The first-order chi connectivity index (χ1) is 5.99. The Morgan fingerprint density at radius 2 is 1.38 bits per heavy atom. The van der Waals surface area contributed by atoms with Gasteiger partial charge in [0.15, 0.2) is 0 Å². The molecule has 78 valence electrons. The molecule has 1 saturated heterocycles. The van der Waals surface area contributed by atoms with E-state index in [1.54, 1.807) is 0 Å². The monoisotopic (exact) mass is 183 g/mol. The molecule has 0 aliphatic carbocycles. The van der Waals surface area contributed by atoms with Crippen molar-refractivity contribution >= 4 is 0 Å². The molecule has 0 radical (unpaired) electrons. The fraction of sp³-hybridized carbons (Fsp3) is 1.00. The minimum Gasteiger partial charge on any atom is -0.298 e. The molecule has 1 nitrogen and oxygen atoms in total. The minimum absolute atomic E-state index is 0.372. The summed E-state index contributed by atoms with van der Waals surface area (Å²) in [6, 6.07) is 0. The van der Waals surface area contributed by atoms with Gasteiger partial charge < -0.3 is 0 Å². The zero-order valence-corrected chi connectivity index (χ0v) is 9.93. The predicted octanol–water partition coefficient (Wildman–Crippen LogP) is 3.15. The third-order valence-electron chi connectivity index (χ3n) is 3.57. The number of hydrogen-bond acceptors (Lipinski definition) is 1. The van der Waals surface area contributed by atoms with E-state index in [1.807, 2.05) is 0 Å². The average Bonchev–Trinajstić information content (AvgIpc) is 2.45. The Labute approximate surface area is 83.5 Å². The van der Waals surface area contributed by atoms with Crippen LogP contribution in [-0.2, 0) is 0 Å². The molecule has 0 spiro atoms. The van der Waals surface area contributed by atoms with Crippen LogP contribution in [0, 0.1) is 11.8 Å². The zero-order chi connectivity index (χ0) is 10.1. The molecular weight excluding hydrogens is 158 g/mol. The molecule has 13 heavy (non-hydrogen) atoms. The lowest BCUT2D eigenvalue weighted by Crippen LogP contribution is -2.39. The van der Waals surface area contributed by atoms with E-state index in [2.05, 4.69) is 39.5 Å². The van der Waals surface area contributed by atoms with Crippen LogP contribution in [0.5, 0.6) is 0 Å². The van der Waals surface area contributed by atoms with E-state index in [-0.39, 0.29) is 0 Å². The topological polar surface area (TPSA) is 3.24 Å². The molecule has 0 amide bonds. The molecule has 1 aliphatic rings. The Bertz CT molecular complexity index is 145. The normalized spacial score (nSPS) is 31.2. The fourth-order valence-corrected chi connectivity index (χ4v) is 2.41. The van der Waals surface area contributed by atoms with Crippen LogP contribution in [0.15, 0.2) is 0 Å². The first kappa shape index (κ1) is 11.0. The highest BCUT2D eigenvalue weighted by Gasteiger charge is 2.35. The van der Waals surface area contributed by atoms with E-state index < -0.39 is 0 Å². The molecule has 2 atom stereocenters. The highest BCUT2D eigenvalue weighted by molar-refractivity contribution is 4.88. The number of hydrogen-bond donors (Lipinski definition) is 0. The van der Waals surface area contributed by atoms with Gasteiger partial charge in [0.1, 0.15) is 0 Å². The van der Waals surface area contributed by atoms with Crippen molar-refractivity contribution in [1.29, 1.82) is 0 Å². The number of rotatable bonds is 2. The number of nitrogens with zero attached hydrogens (tertiary/aromatic N) is 1. The van der Waals surface area contributed by atoms with E-state index in [4.69, 9.17) is 0 Å². The average molecular weight is 183 g/mol. The van der Waals surface area contributed by atoms with Gasteiger partial charge in [-0.05, 0) is 32.6 Å². The summed E-state index contributed by atoms with van der Waals surface area (Å²) in [5.41, 5.74) is 0.372. The van der Waals surface area contributed by atoms with Gasteiger partial charge in [-0.15, -0.1) is 0 Å². The maximum atomic E-state index is 2.65. The molecule has 0 saturated carbocycles. The van der Waals surface area contributed by atoms with E-state index >= 15 is 0 Å². The Morgan fingerprint density at radius 1 is 1.00 bits per heavy atom. The fourth-order valence-electron chi connectivity index (χ4n) is 2.41. The molecule has 1 fully saturated rings. The van der Waals surface area contributed by atoms with Crippen LogP contribution < -0.4 is 0 Å². The molecule has 1 aliphatic heterocycles. The van der Waals surface area contributed by atoms with Crippen LogP contribution >= 0.6 is 0 Å². The van der Waals surface area contributed by atoms with Gasteiger partial charge in [-0.25, -0.2) is 0 Å². The highest BCUT2D eigenvalue weighted by atomic mass is 15.2. The molecule has 0 aromatic carbocycles. The second-order valence-corrected chi connectivity index (χ2v) is 5.41. The standard InChI is InChI=1S/C12H25N/c1-6-10-8-13(12(3,4)5)9-11(10)7-2/h10-11H,6-9H2,1-5H3. The van der Waals surface area contributed by atoms with Crippen LogP contribution in [-0.4, -0.2) is 23.5 Å². The lowest BCUT2D eigenvalue weighted by atomic mass is 9.92. The second kappa shape index (κ2) is 4.00. The van der Waals surface area contributed by atoms with E-state index in [0.717, 1.165) is 11.8 Å². The van der Waals surface area contributed by atoms with Gasteiger partial charge in [0.05, 0.1) is 0 Å². The summed E-state index contributed by atoms with van der Waals surface area (Å²) < 4.78 is 0. The Kier molecular flexibility index (Phi) is 3.39. The van der Waals surface area contributed by atoms with Crippen molar-refractivity contribution in [3.63, 3.8) is 0 Å². The Morgan fingerprint density at radius 3 is 1.62 bits per heavy atom. The largest absolute Gasteiger partial charge is 0.298 e. The number of likely N-dealkylation sites (tertiary alicyclic amines) is 1. The van der Waals surface area contributed by atoms with E-state index in [0.29, 0.717) is 5.54 Å². The van der Waals surface area contributed by atoms with Crippen LogP contribution in [0.4, 0.5) is 0 Å². The van der Waals surface area contributed by atoms with Gasteiger partial charge >= 0.3 is 0 Å². The molecule has 2 unspecified atom stereocenters. The van der Waals surface area contributed by atoms with Gasteiger partial charge in [0, 0.05) is 18.6 Å². The van der Waals surface area contributed by atoms with Crippen molar-refractivity contribution in [2.24, 2.45) is 11.8 Å². The van der Waals surface area contributed by atoms with Crippen molar-refractivity contribution in [1.82, 2.24) is 4.90 Å². The molecule has 1 heteroatoms. The molecular formula is C12H25N. The van der Waals surface area contributed by atoms with Crippen molar-refractivity contribution in [2.75, 3.05) is 13.1 Å². The molecule has 0 N–H and O–H groups in total. The molecule has 0 bridgehead atoms. The Hall–Kier alpha value is -0.0400. The summed E-state index contributed by atoms with van der Waals surface area (Å²) >= 11 is 0. The lowest BCUT2D eigenvalue weighted by Gasteiger charge is -2.31.